The lowest BCUT2D eigenvalue weighted by Gasteiger charge is -2.16. The molecule has 2 aromatic rings. The third kappa shape index (κ3) is 3.93. The smallest absolute Gasteiger partial charge is 0.168 e. The number of halogens is 3. The van der Waals surface area contributed by atoms with E-state index in [1.807, 2.05) is 6.92 Å². The molecule has 1 unspecified atom stereocenters. The number of nitrogens with two attached hydrogens (primary N) is 1. The minimum atomic E-state index is -0.763. The van der Waals surface area contributed by atoms with Crippen molar-refractivity contribution >= 4 is 11.6 Å². The quantitative estimate of drug-likeness (QED) is 0.869. The fraction of sp³-hybridized carbons (Fsp3) is 0.250. The molecule has 0 saturated carbocycles. The largest absolute Gasteiger partial charge is 0.454 e. The lowest BCUT2D eigenvalue weighted by atomic mass is 10.0. The number of hydrogen-bond acceptors (Lipinski definition) is 2. The van der Waals surface area contributed by atoms with Crippen molar-refractivity contribution < 1.29 is 13.5 Å². The SMILES string of the molecule is CCC(N)Cc1c(Cl)cccc1Oc1ccc(F)cc1F. The van der Waals surface area contributed by atoms with Crippen molar-refractivity contribution in [3.8, 4) is 11.5 Å². The Morgan fingerprint density at radius 3 is 2.62 bits per heavy atom. The summed E-state index contributed by atoms with van der Waals surface area (Å²) in [5.41, 5.74) is 6.67. The molecule has 0 aliphatic carbocycles. The number of hydrogen-bond donors (Lipinski definition) is 1. The lowest BCUT2D eigenvalue weighted by molar-refractivity contribution is 0.431. The van der Waals surface area contributed by atoms with Crippen LogP contribution in [-0.2, 0) is 6.42 Å². The average molecular weight is 312 g/mol. The normalized spacial score (nSPS) is 12.2. The molecule has 21 heavy (non-hydrogen) atoms. The highest BCUT2D eigenvalue weighted by atomic mass is 35.5. The first-order chi connectivity index (χ1) is 10.0. The summed E-state index contributed by atoms with van der Waals surface area (Å²) in [6, 6.07) is 8.22. The van der Waals surface area contributed by atoms with Crippen LogP contribution in [0.3, 0.4) is 0 Å². The summed E-state index contributed by atoms with van der Waals surface area (Å²) in [7, 11) is 0. The Kier molecular flexibility index (Phi) is 5.15. The summed E-state index contributed by atoms with van der Waals surface area (Å²) >= 11 is 6.17. The monoisotopic (exact) mass is 311 g/mol. The van der Waals surface area contributed by atoms with Crippen LogP contribution < -0.4 is 10.5 Å². The highest BCUT2D eigenvalue weighted by molar-refractivity contribution is 6.31. The van der Waals surface area contributed by atoms with Crippen LogP contribution in [0.2, 0.25) is 5.02 Å². The zero-order valence-corrected chi connectivity index (χ0v) is 12.3. The molecule has 0 aliphatic rings. The summed E-state index contributed by atoms with van der Waals surface area (Å²) in [4.78, 5) is 0. The van der Waals surface area contributed by atoms with E-state index in [0.717, 1.165) is 24.1 Å². The van der Waals surface area contributed by atoms with Crippen LogP contribution in [0.25, 0.3) is 0 Å². The lowest BCUT2D eigenvalue weighted by Crippen LogP contribution is -2.21. The van der Waals surface area contributed by atoms with Crippen LogP contribution in [0.15, 0.2) is 36.4 Å². The minimum Gasteiger partial charge on any atom is -0.454 e. The maximum absolute atomic E-state index is 13.7. The van der Waals surface area contributed by atoms with E-state index in [0.29, 0.717) is 17.2 Å². The third-order valence-electron chi connectivity index (χ3n) is 3.18. The van der Waals surface area contributed by atoms with Gasteiger partial charge in [-0.3, -0.25) is 0 Å². The molecule has 0 radical (unpaired) electrons. The molecule has 0 aromatic heterocycles. The summed E-state index contributed by atoms with van der Waals surface area (Å²) in [5.74, 6) is -1.04. The van der Waals surface area contributed by atoms with Crippen molar-refractivity contribution in [1.29, 1.82) is 0 Å². The molecule has 0 aliphatic heterocycles. The van der Waals surface area contributed by atoms with E-state index < -0.39 is 11.6 Å². The van der Waals surface area contributed by atoms with Crippen LogP contribution in [0, 0.1) is 11.6 Å². The molecule has 2 N–H and O–H groups in total. The molecule has 2 aromatic carbocycles. The predicted octanol–water partition coefficient (Wildman–Crippen LogP) is 4.69. The molecule has 2 nitrogen and oxygen atoms in total. The molecule has 0 heterocycles. The molecular formula is C16H16ClF2NO. The van der Waals surface area contributed by atoms with Gasteiger partial charge in [-0.15, -0.1) is 0 Å². The Balaban J connectivity index is 2.33. The van der Waals surface area contributed by atoms with E-state index in [9.17, 15) is 8.78 Å². The molecule has 0 fully saturated rings. The van der Waals surface area contributed by atoms with E-state index in [2.05, 4.69) is 0 Å². The zero-order valence-electron chi connectivity index (χ0n) is 11.6. The fourth-order valence-electron chi connectivity index (χ4n) is 1.92. The second kappa shape index (κ2) is 6.87. The van der Waals surface area contributed by atoms with Crippen LogP contribution in [0.5, 0.6) is 11.5 Å². The fourth-order valence-corrected chi connectivity index (χ4v) is 2.16. The van der Waals surface area contributed by atoms with E-state index in [-0.39, 0.29) is 11.8 Å². The van der Waals surface area contributed by atoms with Gasteiger partial charge in [-0.25, -0.2) is 8.78 Å². The van der Waals surface area contributed by atoms with Gasteiger partial charge in [0.2, 0.25) is 0 Å². The van der Waals surface area contributed by atoms with Crippen LogP contribution in [0.1, 0.15) is 18.9 Å². The molecule has 0 spiro atoms. The molecule has 112 valence electrons. The minimum absolute atomic E-state index is 0.0509. The van der Waals surface area contributed by atoms with Crippen molar-refractivity contribution in [2.24, 2.45) is 5.73 Å². The Morgan fingerprint density at radius 2 is 1.95 bits per heavy atom. The van der Waals surface area contributed by atoms with Gasteiger partial charge in [0.25, 0.3) is 0 Å². The Bertz CT molecular complexity index is 634. The van der Waals surface area contributed by atoms with Gasteiger partial charge in [0.15, 0.2) is 11.6 Å². The molecule has 0 saturated heterocycles. The van der Waals surface area contributed by atoms with Crippen molar-refractivity contribution in [3.63, 3.8) is 0 Å². The highest BCUT2D eigenvalue weighted by Gasteiger charge is 2.14. The zero-order chi connectivity index (χ0) is 15.4. The van der Waals surface area contributed by atoms with Gasteiger partial charge in [0.1, 0.15) is 11.6 Å². The van der Waals surface area contributed by atoms with Crippen LogP contribution in [-0.4, -0.2) is 6.04 Å². The van der Waals surface area contributed by atoms with Gasteiger partial charge < -0.3 is 10.5 Å². The number of ether oxygens (including phenoxy) is 1. The van der Waals surface area contributed by atoms with Crippen LogP contribution >= 0.6 is 11.6 Å². The maximum Gasteiger partial charge on any atom is 0.168 e. The van der Waals surface area contributed by atoms with Crippen molar-refractivity contribution in [1.82, 2.24) is 0 Å². The molecule has 0 amide bonds. The summed E-state index contributed by atoms with van der Waals surface area (Å²) in [6.45, 7) is 1.97. The van der Waals surface area contributed by atoms with E-state index >= 15 is 0 Å². The summed E-state index contributed by atoms with van der Waals surface area (Å²) < 4.78 is 32.1. The van der Waals surface area contributed by atoms with Crippen molar-refractivity contribution in [2.75, 3.05) is 0 Å². The number of benzene rings is 2. The van der Waals surface area contributed by atoms with Crippen molar-refractivity contribution in [2.45, 2.75) is 25.8 Å². The maximum atomic E-state index is 13.7. The summed E-state index contributed by atoms with van der Waals surface area (Å²) in [5, 5.41) is 0.513. The Hall–Kier alpha value is -1.65. The second-order valence-electron chi connectivity index (χ2n) is 4.77. The van der Waals surface area contributed by atoms with E-state index in [4.69, 9.17) is 22.1 Å². The first kappa shape index (κ1) is 15.7. The van der Waals surface area contributed by atoms with Crippen LogP contribution in [0.4, 0.5) is 8.78 Å². The third-order valence-corrected chi connectivity index (χ3v) is 3.53. The van der Waals surface area contributed by atoms with E-state index in [1.54, 1.807) is 18.2 Å². The Morgan fingerprint density at radius 1 is 1.19 bits per heavy atom. The number of rotatable bonds is 5. The predicted molar refractivity (Wildman–Crippen MR) is 79.9 cm³/mol. The molecule has 0 bridgehead atoms. The van der Waals surface area contributed by atoms with Gasteiger partial charge in [-0.2, -0.15) is 0 Å². The molecule has 5 heteroatoms. The highest BCUT2D eigenvalue weighted by Crippen LogP contribution is 2.32. The van der Waals surface area contributed by atoms with Gasteiger partial charge in [-0.05, 0) is 37.1 Å². The van der Waals surface area contributed by atoms with Gasteiger partial charge in [0, 0.05) is 22.7 Å². The molecular weight excluding hydrogens is 296 g/mol. The molecule has 2 rings (SSSR count). The first-order valence-electron chi connectivity index (χ1n) is 6.67. The molecule has 1 atom stereocenters. The first-order valence-corrected chi connectivity index (χ1v) is 7.05. The van der Waals surface area contributed by atoms with Gasteiger partial charge in [0.05, 0.1) is 0 Å². The summed E-state index contributed by atoms with van der Waals surface area (Å²) in [6.07, 6.45) is 1.31. The van der Waals surface area contributed by atoms with E-state index in [1.165, 1.54) is 6.07 Å². The van der Waals surface area contributed by atoms with Gasteiger partial charge in [-0.1, -0.05) is 24.6 Å². The average Bonchev–Trinajstić information content (AvgIpc) is 2.45. The Labute approximate surface area is 127 Å². The standard InChI is InChI=1S/C16H16ClF2NO/c1-2-11(20)9-12-13(17)4-3-5-15(12)21-16-7-6-10(18)8-14(16)19/h3-8,11H,2,9,20H2,1H3. The van der Waals surface area contributed by atoms with Gasteiger partial charge >= 0.3 is 0 Å². The van der Waals surface area contributed by atoms with Crippen molar-refractivity contribution in [3.05, 3.63) is 58.6 Å². The topological polar surface area (TPSA) is 35.2 Å². The second-order valence-corrected chi connectivity index (χ2v) is 5.17.